The summed E-state index contributed by atoms with van der Waals surface area (Å²) >= 11 is 1.74. The summed E-state index contributed by atoms with van der Waals surface area (Å²) < 4.78 is 7.18. The van der Waals surface area contributed by atoms with Crippen molar-refractivity contribution in [2.24, 2.45) is 0 Å². The van der Waals surface area contributed by atoms with Gasteiger partial charge in [0.1, 0.15) is 11.6 Å². The van der Waals surface area contributed by atoms with Gasteiger partial charge in [0.15, 0.2) is 0 Å². The molecular weight excluding hydrogens is 258 g/mol. The van der Waals surface area contributed by atoms with Gasteiger partial charge in [-0.25, -0.2) is 4.68 Å². The quantitative estimate of drug-likeness (QED) is 0.823. The number of nitrogen functional groups attached to an aromatic ring is 1. The molecule has 0 aliphatic rings. The number of benzene rings is 1. The lowest BCUT2D eigenvalue weighted by molar-refractivity contribution is 0.340. The lowest BCUT2D eigenvalue weighted by Crippen LogP contribution is -2.02. The van der Waals surface area contributed by atoms with Gasteiger partial charge < -0.3 is 10.5 Å². The fourth-order valence-electron chi connectivity index (χ4n) is 1.72. The van der Waals surface area contributed by atoms with Crippen molar-refractivity contribution in [1.82, 2.24) is 9.78 Å². The minimum absolute atomic E-state index is 0.668. The molecule has 1 heterocycles. The molecule has 0 atom stereocenters. The van der Waals surface area contributed by atoms with E-state index in [1.54, 1.807) is 16.4 Å². The number of anilines is 1. The Morgan fingerprint density at radius 1 is 1.26 bits per heavy atom. The molecule has 0 fully saturated rings. The molecule has 1 aromatic carbocycles. The Hall–Kier alpha value is -1.62. The van der Waals surface area contributed by atoms with E-state index >= 15 is 0 Å². The van der Waals surface area contributed by atoms with Gasteiger partial charge >= 0.3 is 0 Å². The number of hydrogen-bond donors (Lipinski definition) is 1. The lowest BCUT2D eigenvalue weighted by atomic mass is 10.3. The summed E-state index contributed by atoms with van der Waals surface area (Å²) in [4.78, 5) is 1.04. The van der Waals surface area contributed by atoms with Crippen molar-refractivity contribution in [3.05, 3.63) is 30.5 Å². The zero-order chi connectivity index (χ0) is 13.7. The highest BCUT2D eigenvalue weighted by Gasteiger charge is 2.09. The van der Waals surface area contributed by atoms with Crippen molar-refractivity contribution in [1.29, 1.82) is 0 Å². The number of ether oxygens (including phenoxy) is 1. The van der Waals surface area contributed by atoms with Crippen LogP contribution in [0.3, 0.4) is 0 Å². The fourth-order valence-corrected chi connectivity index (χ4v) is 2.50. The number of nitrogens with zero attached hydrogens (tertiary/aromatic N) is 2. The summed E-state index contributed by atoms with van der Waals surface area (Å²) in [6.07, 6.45) is 2.95. The Bertz CT molecular complexity index is 522. The molecule has 1 aromatic heterocycles. The van der Waals surface area contributed by atoms with E-state index in [0.29, 0.717) is 12.4 Å². The molecule has 2 aromatic rings. The van der Waals surface area contributed by atoms with Gasteiger partial charge in [-0.3, -0.25) is 0 Å². The molecule has 2 N–H and O–H groups in total. The highest BCUT2D eigenvalue weighted by atomic mass is 32.2. The van der Waals surface area contributed by atoms with Gasteiger partial charge in [-0.15, -0.1) is 11.8 Å². The van der Waals surface area contributed by atoms with Gasteiger partial charge in [0, 0.05) is 0 Å². The van der Waals surface area contributed by atoms with Gasteiger partial charge in [0.05, 0.1) is 23.4 Å². The summed E-state index contributed by atoms with van der Waals surface area (Å²) in [7, 11) is 0. The molecule has 0 amide bonds. The van der Waals surface area contributed by atoms with E-state index in [-0.39, 0.29) is 0 Å². The van der Waals surface area contributed by atoms with Crippen LogP contribution in [0.5, 0.6) is 5.75 Å². The average molecular weight is 277 g/mol. The highest BCUT2D eigenvalue weighted by molar-refractivity contribution is 7.99. The Morgan fingerprint density at radius 3 is 2.63 bits per heavy atom. The molecule has 102 valence electrons. The van der Waals surface area contributed by atoms with Gasteiger partial charge in [-0.1, -0.05) is 6.92 Å². The van der Waals surface area contributed by atoms with Gasteiger partial charge in [0.25, 0.3) is 0 Å². The smallest absolute Gasteiger partial charge is 0.140 e. The molecule has 0 saturated heterocycles. The zero-order valence-corrected chi connectivity index (χ0v) is 12.1. The predicted molar refractivity (Wildman–Crippen MR) is 80.2 cm³/mol. The topological polar surface area (TPSA) is 53.1 Å². The molecule has 0 aliphatic heterocycles. The Balaban J connectivity index is 2.19. The third kappa shape index (κ3) is 3.23. The van der Waals surface area contributed by atoms with Gasteiger partial charge in [-0.05, 0) is 43.4 Å². The fraction of sp³-hybridized carbons (Fsp3) is 0.357. The van der Waals surface area contributed by atoms with E-state index in [2.05, 4.69) is 12.0 Å². The summed E-state index contributed by atoms with van der Waals surface area (Å²) in [5, 5.41) is 4.34. The Kier molecular flexibility index (Phi) is 4.74. The van der Waals surface area contributed by atoms with Crippen molar-refractivity contribution < 1.29 is 4.74 Å². The van der Waals surface area contributed by atoms with Crippen LogP contribution in [-0.4, -0.2) is 22.1 Å². The highest BCUT2D eigenvalue weighted by Crippen LogP contribution is 2.27. The van der Waals surface area contributed by atoms with Crippen molar-refractivity contribution in [3.8, 4) is 11.4 Å². The van der Waals surface area contributed by atoms with Crippen molar-refractivity contribution in [2.75, 3.05) is 18.1 Å². The van der Waals surface area contributed by atoms with Crippen LogP contribution >= 0.6 is 11.8 Å². The molecule has 0 bridgehead atoms. The Labute approximate surface area is 117 Å². The molecule has 0 radical (unpaired) electrons. The molecule has 0 spiro atoms. The van der Waals surface area contributed by atoms with E-state index < -0.39 is 0 Å². The van der Waals surface area contributed by atoms with E-state index in [1.165, 1.54) is 0 Å². The number of hydrogen-bond acceptors (Lipinski definition) is 4. The van der Waals surface area contributed by atoms with E-state index in [4.69, 9.17) is 10.5 Å². The normalized spacial score (nSPS) is 10.6. The second-order valence-corrected chi connectivity index (χ2v) is 5.22. The van der Waals surface area contributed by atoms with Crippen LogP contribution in [0.15, 0.2) is 35.4 Å². The van der Waals surface area contributed by atoms with E-state index in [9.17, 15) is 0 Å². The van der Waals surface area contributed by atoms with Crippen LogP contribution < -0.4 is 10.5 Å². The Morgan fingerprint density at radius 2 is 2.00 bits per heavy atom. The lowest BCUT2D eigenvalue weighted by Gasteiger charge is -2.07. The van der Waals surface area contributed by atoms with E-state index in [1.807, 2.05) is 37.4 Å². The summed E-state index contributed by atoms with van der Waals surface area (Å²) in [5.41, 5.74) is 7.07. The van der Waals surface area contributed by atoms with Crippen LogP contribution in [0.4, 0.5) is 5.82 Å². The maximum atomic E-state index is 6.12. The van der Waals surface area contributed by atoms with E-state index in [0.717, 1.165) is 28.5 Å². The minimum atomic E-state index is 0.668. The van der Waals surface area contributed by atoms with Crippen LogP contribution in [-0.2, 0) is 0 Å². The first kappa shape index (κ1) is 13.8. The van der Waals surface area contributed by atoms with Crippen LogP contribution in [0, 0.1) is 0 Å². The molecule has 19 heavy (non-hydrogen) atoms. The minimum Gasteiger partial charge on any atom is -0.494 e. The molecular formula is C14H19N3OS. The molecule has 0 unspecified atom stereocenters. The number of nitrogens with two attached hydrogens (primary N) is 1. The van der Waals surface area contributed by atoms with Crippen LogP contribution in [0.2, 0.25) is 0 Å². The number of rotatable bonds is 6. The largest absolute Gasteiger partial charge is 0.494 e. The van der Waals surface area contributed by atoms with Crippen LogP contribution in [0.1, 0.15) is 20.3 Å². The molecule has 0 aliphatic carbocycles. The van der Waals surface area contributed by atoms with Crippen molar-refractivity contribution in [2.45, 2.75) is 25.2 Å². The third-order valence-corrected chi connectivity index (χ3v) is 3.86. The average Bonchev–Trinajstić information content (AvgIpc) is 2.79. The molecule has 0 saturated carbocycles. The summed E-state index contributed by atoms with van der Waals surface area (Å²) in [6, 6.07) is 7.78. The molecule has 2 rings (SSSR count). The number of thioether (sulfide) groups is 1. The first-order valence-electron chi connectivity index (χ1n) is 6.45. The van der Waals surface area contributed by atoms with Gasteiger partial charge in [0.2, 0.25) is 0 Å². The second-order valence-electron chi connectivity index (χ2n) is 4.08. The monoisotopic (exact) mass is 277 g/mol. The molecule has 5 heteroatoms. The molecule has 4 nitrogen and oxygen atoms in total. The van der Waals surface area contributed by atoms with Crippen LogP contribution in [0.25, 0.3) is 5.69 Å². The van der Waals surface area contributed by atoms with Crippen molar-refractivity contribution in [3.63, 3.8) is 0 Å². The first-order valence-corrected chi connectivity index (χ1v) is 7.44. The summed E-state index contributed by atoms with van der Waals surface area (Å²) in [5.74, 6) is 2.61. The predicted octanol–water partition coefficient (Wildman–Crippen LogP) is 3.36. The SMILES string of the molecule is CCCSc1cnn(-c2ccc(OCC)cc2)c1N. The third-order valence-electron chi connectivity index (χ3n) is 2.63. The van der Waals surface area contributed by atoms with Crippen molar-refractivity contribution >= 4 is 17.6 Å². The second kappa shape index (κ2) is 6.52. The number of aromatic nitrogens is 2. The summed E-state index contributed by atoms with van der Waals surface area (Å²) in [6.45, 7) is 4.79. The zero-order valence-electron chi connectivity index (χ0n) is 11.3. The maximum absolute atomic E-state index is 6.12. The maximum Gasteiger partial charge on any atom is 0.140 e. The standard InChI is InChI=1S/C14H19N3OS/c1-3-9-19-13-10-16-17(14(13)15)11-5-7-12(8-6-11)18-4-2/h5-8,10H,3-4,9,15H2,1-2H3. The van der Waals surface area contributed by atoms with Gasteiger partial charge in [-0.2, -0.15) is 5.10 Å². The first-order chi connectivity index (χ1) is 9.26.